The SMILES string of the molecule is CCC[O][Zr]([O]CCC)([O][Si](CCC)(CCC)CCC)[O][Si](CCC)(CCC)CCC. The van der Waals surface area contributed by atoms with Crippen LogP contribution in [0, 0.1) is 0 Å². The molecular formula is C24H56O4Si2Zr. The van der Waals surface area contributed by atoms with E-state index in [0.29, 0.717) is 13.2 Å². The average Bonchev–Trinajstić information content (AvgIpc) is 2.72. The van der Waals surface area contributed by atoms with Crippen LogP contribution in [0.15, 0.2) is 0 Å². The Morgan fingerprint density at radius 3 is 0.871 bits per heavy atom. The second-order valence-corrected chi connectivity index (χ2v) is 24.3. The van der Waals surface area contributed by atoms with E-state index in [9.17, 15) is 0 Å². The first kappa shape index (κ1) is 32.2. The third-order valence-electron chi connectivity index (χ3n) is 5.88. The van der Waals surface area contributed by atoms with E-state index in [4.69, 9.17) is 10.6 Å². The molecule has 0 aliphatic rings. The Balaban J connectivity index is 6.34. The van der Waals surface area contributed by atoms with Gasteiger partial charge in [-0.3, -0.25) is 0 Å². The van der Waals surface area contributed by atoms with Gasteiger partial charge in [0.1, 0.15) is 0 Å². The zero-order valence-corrected chi connectivity index (χ0v) is 26.9. The molecule has 0 N–H and O–H groups in total. The molecule has 0 aromatic heterocycles. The van der Waals surface area contributed by atoms with E-state index in [-0.39, 0.29) is 0 Å². The average molecular weight is 556 g/mol. The summed E-state index contributed by atoms with van der Waals surface area (Å²) in [6.07, 6.45) is 9.03. The Morgan fingerprint density at radius 1 is 0.419 bits per heavy atom. The van der Waals surface area contributed by atoms with E-state index in [2.05, 4.69) is 55.4 Å². The van der Waals surface area contributed by atoms with Crippen molar-refractivity contribution in [1.82, 2.24) is 0 Å². The molecule has 0 aromatic rings. The van der Waals surface area contributed by atoms with Gasteiger partial charge in [-0.05, 0) is 0 Å². The molecule has 0 saturated carbocycles. The number of hydrogen-bond donors (Lipinski definition) is 0. The molecule has 31 heavy (non-hydrogen) atoms. The summed E-state index contributed by atoms with van der Waals surface area (Å²) >= 11 is -4.18. The molecule has 0 aromatic carbocycles. The van der Waals surface area contributed by atoms with Crippen molar-refractivity contribution < 1.29 is 32.7 Å². The molecule has 0 spiro atoms. The molecule has 188 valence electrons. The van der Waals surface area contributed by atoms with Gasteiger partial charge in [0.25, 0.3) is 0 Å². The fourth-order valence-electron chi connectivity index (χ4n) is 4.95. The summed E-state index contributed by atoms with van der Waals surface area (Å²) in [4.78, 5) is 0. The molecule has 0 saturated heterocycles. The molecule has 0 rings (SSSR count). The van der Waals surface area contributed by atoms with Crippen molar-refractivity contribution in [2.75, 3.05) is 13.2 Å². The van der Waals surface area contributed by atoms with Gasteiger partial charge in [-0.1, -0.05) is 0 Å². The Bertz CT molecular complexity index is 354. The van der Waals surface area contributed by atoms with Crippen LogP contribution in [0.4, 0.5) is 0 Å². The molecule has 0 aliphatic heterocycles. The van der Waals surface area contributed by atoms with Gasteiger partial charge in [0.15, 0.2) is 0 Å². The molecular weight excluding hydrogens is 500 g/mol. The fourth-order valence-corrected chi connectivity index (χ4v) is 31.4. The molecule has 0 unspecified atom stereocenters. The van der Waals surface area contributed by atoms with Crippen LogP contribution in [0.5, 0.6) is 0 Å². The zero-order chi connectivity index (χ0) is 23.6. The number of rotatable bonds is 22. The van der Waals surface area contributed by atoms with Crippen molar-refractivity contribution in [2.24, 2.45) is 0 Å². The zero-order valence-electron chi connectivity index (χ0n) is 22.4. The van der Waals surface area contributed by atoms with Gasteiger partial charge >= 0.3 is 206 Å². The molecule has 0 bridgehead atoms. The normalized spacial score (nSPS) is 13.2. The molecule has 0 aliphatic carbocycles. The molecule has 0 heterocycles. The van der Waals surface area contributed by atoms with E-state index in [1.807, 2.05) is 0 Å². The molecule has 7 heteroatoms. The van der Waals surface area contributed by atoms with Crippen molar-refractivity contribution in [2.45, 2.75) is 143 Å². The first-order chi connectivity index (χ1) is 14.9. The second-order valence-electron chi connectivity index (χ2n) is 9.27. The Morgan fingerprint density at radius 2 is 0.677 bits per heavy atom. The van der Waals surface area contributed by atoms with Gasteiger partial charge in [-0.25, -0.2) is 0 Å². The van der Waals surface area contributed by atoms with Crippen LogP contribution >= 0.6 is 0 Å². The van der Waals surface area contributed by atoms with Crippen LogP contribution in [-0.2, 0) is 32.7 Å². The summed E-state index contributed by atoms with van der Waals surface area (Å²) in [5, 5.41) is 0. The summed E-state index contributed by atoms with van der Waals surface area (Å²) in [5.41, 5.74) is 0. The predicted octanol–water partition coefficient (Wildman–Crippen LogP) is 9.04. The molecule has 4 nitrogen and oxygen atoms in total. The van der Waals surface area contributed by atoms with Gasteiger partial charge in [0.2, 0.25) is 0 Å². The first-order valence-electron chi connectivity index (χ1n) is 13.6. The van der Waals surface area contributed by atoms with Crippen LogP contribution in [0.1, 0.15) is 107 Å². The molecule has 0 atom stereocenters. The summed E-state index contributed by atoms with van der Waals surface area (Å²) in [7, 11) is -3.92. The first-order valence-corrected chi connectivity index (χ1v) is 22.7. The molecule has 0 fully saturated rings. The van der Waals surface area contributed by atoms with Crippen molar-refractivity contribution >= 4 is 16.6 Å². The monoisotopic (exact) mass is 554 g/mol. The van der Waals surface area contributed by atoms with Gasteiger partial charge in [0, 0.05) is 0 Å². The third kappa shape index (κ3) is 11.9. The summed E-state index contributed by atoms with van der Waals surface area (Å²) < 4.78 is 28.1. The Hall–Kier alpha value is 1.16. The van der Waals surface area contributed by atoms with Crippen LogP contribution in [-0.4, -0.2) is 29.8 Å². The van der Waals surface area contributed by atoms with Gasteiger partial charge in [-0.15, -0.1) is 0 Å². The van der Waals surface area contributed by atoms with Crippen LogP contribution in [0.2, 0.25) is 36.3 Å². The predicted molar refractivity (Wildman–Crippen MR) is 137 cm³/mol. The van der Waals surface area contributed by atoms with E-state index >= 15 is 0 Å². The summed E-state index contributed by atoms with van der Waals surface area (Å²) in [6.45, 7) is 19.6. The maximum atomic E-state index is 7.36. The summed E-state index contributed by atoms with van der Waals surface area (Å²) in [5.74, 6) is 0. The number of hydrogen-bond acceptors (Lipinski definition) is 4. The minimum atomic E-state index is -4.18. The van der Waals surface area contributed by atoms with Crippen molar-refractivity contribution in [3.05, 3.63) is 0 Å². The van der Waals surface area contributed by atoms with Crippen LogP contribution in [0.25, 0.3) is 0 Å². The molecule has 0 amide bonds. The van der Waals surface area contributed by atoms with E-state index in [1.54, 1.807) is 0 Å². The quantitative estimate of drug-likeness (QED) is 0.125. The Labute approximate surface area is 204 Å². The second kappa shape index (κ2) is 18.5. The third-order valence-corrected chi connectivity index (χ3v) is 28.5. The van der Waals surface area contributed by atoms with Crippen molar-refractivity contribution in [1.29, 1.82) is 0 Å². The fraction of sp³-hybridized carbons (Fsp3) is 1.00. The minimum absolute atomic E-state index is 0.698. The Kier molecular flexibility index (Phi) is 19.2. The topological polar surface area (TPSA) is 36.9 Å². The van der Waals surface area contributed by atoms with Gasteiger partial charge < -0.3 is 0 Å². The van der Waals surface area contributed by atoms with E-state index < -0.39 is 38.7 Å². The van der Waals surface area contributed by atoms with Gasteiger partial charge in [0.05, 0.1) is 0 Å². The van der Waals surface area contributed by atoms with Crippen molar-refractivity contribution in [3.8, 4) is 0 Å². The van der Waals surface area contributed by atoms with Gasteiger partial charge in [-0.2, -0.15) is 0 Å². The van der Waals surface area contributed by atoms with E-state index in [1.165, 1.54) is 74.8 Å². The summed E-state index contributed by atoms with van der Waals surface area (Å²) in [6, 6.07) is 7.20. The van der Waals surface area contributed by atoms with E-state index in [0.717, 1.165) is 12.8 Å². The standard InChI is InChI=1S/2C9H21OSi.2C3H7O.Zr/c2*1-4-7-11(10,8-5-2)9-6-3;2*1-2-3-4;/h2*4-9H2,1-3H3;2*2-3H2,1H3;/q4*-1;+4. The molecule has 0 radical (unpaired) electrons. The van der Waals surface area contributed by atoms with Crippen LogP contribution in [0.3, 0.4) is 0 Å². The van der Waals surface area contributed by atoms with Crippen LogP contribution < -0.4 is 0 Å². The maximum absolute atomic E-state index is 7.36. The van der Waals surface area contributed by atoms with Crippen molar-refractivity contribution in [3.63, 3.8) is 0 Å².